The van der Waals surface area contributed by atoms with E-state index in [0.717, 1.165) is 33.4 Å². The van der Waals surface area contributed by atoms with Crippen LogP contribution in [0.25, 0.3) is 10.8 Å². The van der Waals surface area contributed by atoms with E-state index in [1.54, 1.807) is 17.0 Å². The fourth-order valence-corrected chi connectivity index (χ4v) is 4.45. The number of aromatic nitrogens is 2. The number of hydrogen-bond donors (Lipinski definition) is 2. The lowest BCUT2D eigenvalue weighted by Gasteiger charge is -2.18. The lowest BCUT2D eigenvalue weighted by atomic mass is 10.0. The minimum Gasteiger partial charge on any atom is -0.444 e. The molecule has 1 aliphatic heterocycles. The van der Waals surface area contributed by atoms with Crippen LogP contribution in [0.15, 0.2) is 72.8 Å². The van der Waals surface area contributed by atoms with Gasteiger partial charge in [0.15, 0.2) is 0 Å². The maximum absolute atomic E-state index is 12.6. The second-order valence-corrected chi connectivity index (χ2v) is 8.95. The van der Waals surface area contributed by atoms with Crippen LogP contribution in [0, 0.1) is 13.8 Å². The van der Waals surface area contributed by atoms with Crippen molar-refractivity contribution in [3.63, 3.8) is 0 Å². The maximum atomic E-state index is 12.6. The Hall–Kier alpha value is -4.46. The number of likely N-dealkylation sites (tertiary alicyclic amines) is 1. The van der Waals surface area contributed by atoms with Crippen LogP contribution in [0.1, 0.15) is 23.4 Å². The van der Waals surface area contributed by atoms with E-state index in [0.29, 0.717) is 24.7 Å². The highest BCUT2D eigenvalue weighted by molar-refractivity contribution is 5.87. The van der Waals surface area contributed by atoms with E-state index in [-0.39, 0.29) is 12.3 Å². The van der Waals surface area contributed by atoms with Gasteiger partial charge in [0.1, 0.15) is 6.10 Å². The Labute approximate surface area is 209 Å². The number of rotatable bonds is 6. The van der Waals surface area contributed by atoms with Crippen molar-refractivity contribution < 1.29 is 14.3 Å². The standard InChI is InChI=1S/C28H27N5O3/c1-18-14-19(2)30-27(29-18)31-22-10-12-23(13-11-22)32-28(35)36-24-15-26(34)33(17-24)16-21-8-5-7-20-6-3-4-9-25(20)21/h3-14,24H,15-17H2,1-2H3,(H,32,35)(H,29,30,31). The van der Waals surface area contributed by atoms with Crippen LogP contribution in [0.3, 0.4) is 0 Å². The van der Waals surface area contributed by atoms with Crippen LogP contribution in [0.5, 0.6) is 0 Å². The van der Waals surface area contributed by atoms with Gasteiger partial charge in [-0.15, -0.1) is 0 Å². The molecule has 0 aliphatic carbocycles. The molecular formula is C28H27N5O3. The van der Waals surface area contributed by atoms with Crippen molar-refractivity contribution in [2.75, 3.05) is 17.2 Å². The van der Waals surface area contributed by atoms with E-state index in [2.05, 4.69) is 38.8 Å². The average Bonchev–Trinajstić information content (AvgIpc) is 3.18. The normalized spacial score (nSPS) is 15.2. The molecule has 0 saturated carbocycles. The molecule has 1 saturated heterocycles. The number of amides is 2. The monoisotopic (exact) mass is 481 g/mol. The molecular weight excluding hydrogens is 454 g/mol. The second-order valence-electron chi connectivity index (χ2n) is 8.95. The zero-order chi connectivity index (χ0) is 25.1. The molecule has 3 aromatic carbocycles. The van der Waals surface area contributed by atoms with Crippen molar-refractivity contribution in [2.45, 2.75) is 32.9 Å². The van der Waals surface area contributed by atoms with E-state index in [9.17, 15) is 9.59 Å². The molecule has 0 bridgehead atoms. The smallest absolute Gasteiger partial charge is 0.411 e. The van der Waals surface area contributed by atoms with Crippen LogP contribution >= 0.6 is 0 Å². The minimum atomic E-state index is -0.585. The minimum absolute atomic E-state index is 0.0234. The number of benzene rings is 3. The second kappa shape index (κ2) is 10.0. The van der Waals surface area contributed by atoms with Crippen LogP contribution in [0.4, 0.5) is 22.1 Å². The summed E-state index contributed by atoms with van der Waals surface area (Å²) >= 11 is 0. The first-order chi connectivity index (χ1) is 17.4. The van der Waals surface area contributed by atoms with Gasteiger partial charge in [-0.1, -0.05) is 42.5 Å². The van der Waals surface area contributed by atoms with Gasteiger partial charge in [0.25, 0.3) is 0 Å². The van der Waals surface area contributed by atoms with Crippen LogP contribution in [0.2, 0.25) is 0 Å². The number of anilines is 3. The van der Waals surface area contributed by atoms with Gasteiger partial charge in [-0.05, 0) is 60.5 Å². The number of carbonyl (C=O) groups excluding carboxylic acids is 2. The molecule has 1 unspecified atom stereocenters. The fraction of sp³-hybridized carbons (Fsp3) is 0.214. The highest BCUT2D eigenvalue weighted by Gasteiger charge is 2.32. The number of aryl methyl sites for hydroxylation is 2. The summed E-state index contributed by atoms with van der Waals surface area (Å²) in [6.45, 7) is 4.69. The first-order valence-electron chi connectivity index (χ1n) is 11.8. The number of ether oxygens (including phenoxy) is 1. The van der Waals surface area contributed by atoms with E-state index in [1.165, 1.54) is 0 Å². The fourth-order valence-electron chi connectivity index (χ4n) is 4.45. The van der Waals surface area contributed by atoms with E-state index in [1.807, 2.05) is 56.3 Å². The van der Waals surface area contributed by atoms with E-state index < -0.39 is 12.2 Å². The highest BCUT2D eigenvalue weighted by atomic mass is 16.6. The first kappa shape index (κ1) is 23.3. The van der Waals surface area contributed by atoms with Crippen LogP contribution in [-0.2, 0) is 16.1 Å². The number of fused-ring (bicyclic) bond motifs is 1. The molecule has 8 nitrogen and oxygen atoms in total. The average molecular weight is 482 g/mol. The lowest BCUT2D eigenvalue weighted by Crippen LogP contribution is -2.28. The van der Waals surface area contributed by atoms with Gasteiger partial charge in [0.05, 0.1) is 13.0 Å². The molecule has 1 aliphatic rings. The van der Waals surface area contributed by atoms with Crippen LogP contribution < -0.4 is 10.6 Å². The zero-order valence-electron chi connectivity index (χ0n) is 20.2. The lowest BCUT2D eigenvalue weighted by molar-refractivity contribution is -0.128. The van der Waals surface area contributed by atoms with Crippen molar-refractivity contribution >= 4 is 40.1 Å². The molecule has 0 radical (unpaired) electrons. The molecule has 36 heavy (non-hydrogen) atoms. The van der Waals surface area contributed by atoms with Crippen molar-refractivity contribution in [1.29, 1.82) is 0 Å². The predicted molar refractivity (Wildman–Crippen MR) is 139 cm³/mol. The van der Waals surface area contributed by atoms with Crippen molar-refractivity contribution in [3.05, 3.63) is 89.7 Å². The molecule has 4 aromatic rings. The van der Waals surface area contributed by atoms with Gasteiger partial charge in [0, 0.05) is 29.3 Å². The number of nitrogens with one attached hydrogen (secondary N) is 2. The summed E-state index contributed by atoms with van der Waals surface area (Å²) in [6.07, 6.45) is -0.898. The quantitative estimate of drug-likeness (QED) is 0.386. The number of hydrogen-bond acceptors (Lipinski definition) is 6. The topological polar surface area (TPSA) is 96.4 Å². The van der Waals surface area contributed by atoms with Crippen LogP contribution in [-0.4, -0.2) is 39.5 Å². The Morgan fingerprint density at radius 3 is 2.44 bits per heavy atom. The summed E-state index contributed by atoms with van der Waals surface area (Å²) < 4.78 is 5.55. The molecule has 2 N–H and O–H groups in total. The Balaban J connectivity index is 1.15. The van der Waals surface area contributed by atoms with Gasteiger partial charge >= 0.3 is 6.09 Å². The third-order valence-electron chi connectivity index (χ3n) is 6.06. The third-order valence-corrected chi connectivity index (χ3v) is 6.06. The molecule has 8 heteroatoms. The zero-order valence-corrected chi connectivity index (χ0v) is 20.2. The number of carbonyl (C=O) groups is 2. The van der Waals surface area contributed by atoms with Gasteiger partial charge in [-0.3, -0.25) is 10.1 Å². The molecule has 2 heterocycles. The van der Waals surface area contributed by atoms with Crippen molar-refractivity contribution in [1.82, 2.24) is 14.9 Å². The number of nitrogens with zero attached hydrogens (tertiary/aromatic N) is 3. The summed E-state index contributed by atoms with van der Waals surface area (Å²) in [5.74, 6) is 0.497. The Morgan fingerprint density at radius 2 is 1.67 bits per heavy atom. The van der Waals surface area contributed by atoms with Gasteiger partial charge in [-0.25, -0.2) is 14.8 Å². The molecule has 2 amide bonds. The van der Waals surface area contributed by atoms with Gasteiger partial charge in [0.2, 0.25) is 11.9 Å². The Bertz CT molecular complexity index is 1400. The van der Waals surface area contributed by atoms with Gasteiger partial charge in [-0.2, -0.15) is 0 Å². The van der Waals surface area contributed by atoms with E-state index >= 15 is 0 Å². The molecule has 1 atom stereocenters. The van der Waals surface area contributed by atoms with Gasteiger partial charge < -0.3 is 15.0 Å². The van der Waals surface area contributed by atoms with E-state index in [4.69, 9.17) is 4.74 Å². The summed E-state index contributed by atoms with van der Waals surface area (Å²) in [5, 5.41) is 8.15. The first-order valence-corrected chi connectivity index (χ1v) is 11.8. The SMILES string of the molecule is Cc1cc(C)nc(Nc2ccc(NC(=O)OC3CC(=O)N(Cc4cccc5ccccc45)C3)cc2)n1. The van der Waals surface area contributed by atoms with Crippen molar-refractivity contribution in [2.24, 2.45) is 0 Å². The molecule has 1 aromatic heterocycles. The maximum Gasteiger partial charge on any atom is 0.411 e. The summed E-state index contributed by atoms with van der Waals surface area (Å²) in [4.78, 5) is 35.5. The Morgan fingerprint density at radius 1 is 0.972 bits per heavy atom. The largest absolute Gasteiger partial charge is 0.444 e. The summed E-state index contributed by atoms with van der Waals surface area (Å²) in [5.41, 5.74) is 4.22. The molecule has 5 rings (SSSR count). The highest BCUT2D eigenvalue weighted by Crippen LogP contribution is 2.24. The summed E-state index contributed by atoms with van der Waals surface area (Å²) in [7, 11) is 0. The summed E-state index contributed by atoms with van der Waals surface area (Å²) in [6, 6.07) is 23.3. The molecule has 0 spiro atoms. The Kier molecular flexibility index (Phi) is 6.49. The predicted octanol–water partition coefficient (Wildman–Crippen LogP) is 5.34. The molecule has 182 valence electrons. The molecule has 1 fully saturated rings. The van der Waals surface area contributed by atoms with Crippen molar-refractivity contribution in [3.8, 4) is 0 Å². The third kappa shape index (κ3) is 5.43.